The van der Waals surface area contributed by atoms with Crippen LogP contribution < -0.4 is 5.73 Å². The number of benzene rings is 1. The van der Waals surface area contributed by atoms with E-state index in [0.717, 1.165) is 23.2 Å². The normalized spacial score (nSPS) is 9.92. The van der Waals surface area contributed by atoms with E-state index in [1.54, 1.807) is 6.07 Å². The molecule has 0 aliphatic carbocycles. The fraction of sp³-hybridized carbons (Fsp3) is 0.400. The number of esters is 1. The highest BCUT2D eigenvalue weighted by molar-refractivity contribution is 7.13. The maximum Gasteiger partial charge on any atom is 0.303 e. The molecule has 26 heavy (non-hydrogen) atoms. The highest BCUT2D eigenvalue weighted by Crippen LogP contribution is 2.31. The van der Waals surface area contributed by atoms with Gasteiger partial charge in [0.1, 0.15) is 11.4 Å². The molecule has 0 fully saturated rings. The van der Waals surface area contributed by atoms with Gasteiger partial charge < -0.3 is 15.6 Å². The average molecular weight is 379 g/mol. The van der Waals surface area contributed by atoms with Crippen molar-refractivity contribution in [1.82, 2.24) is 4.98 Å². The zero-order valence-corrected chi connectivity index (χ0v) is 17.3. The fourth-order valence-corrected chi connectivity index (χ4v) is 2.26. The van der Waals surface area contributed by atoms with Crippen LogP contribution in [0.4, 0.5) is 5.13 Å². The minimum atomic E-state index is -0.328. The molecular formula is C20H30N2O3S. The molecule has 0 aliphatic heterocycles. The van der Waals surface area contributed by atoms with E-state index in [0.29, 0.717) is 5.13 Å². The van der Waals surface area contributed by atoms with E-state index in [1.807, 2.05) is 51.3 Å². The van der Waals surface area contributed by atoms with E-state index in [4.69, 9.17) is 10.5 Å². The molecule has 5 nitrogen and oxygen atoms in total. The molecule has 0 spiro atoms. The van der Waals surface area contributed by atoms with Crippen LogP contribution in [0.25, 0.3) is 11.3 Å². The molecule has 1 heterocycles. The molecule has 144 valence electrons. The van der Waals surface area contributed by atoms with E-state index < -0.39 is 0 Å². The van der Waals surface area contributed by atoms with E-state index in [2.05, 4.69) is 18.5 Å². The molecule has 6 heteroatoms. The van der Waals surface area contributed by atoms with Crippen LogP contribution in [0.3, 0.4) is 0 Å². The van der Waals surface area contributed by atoms with Crippen LogP contribution in [0, 0.1) is 6.92 Å². The molecule has 2 aromatic rings. The maximum atomic E-state index is 10.2. The van der Waals surface area contributed by atoms with E-state index in [1.165, 1.54) is 18.3 Å². The lowest BCUT2D eigenvalue weighted by Crippen LogP contribution is -2.21. The van der Waals surface area contributed by atoms with Crippen molar-refractivity contribution >= 4 is 22.4 Å². The van der Waals surface area contributed by atoms with Crippen molar-refractivity contribution in [2.75, 3.05) is 5.73 Å². The van der Waals surface area contributed by atoms with Crippen LogP contribution in [-0.4, -0.2) is 21.7 Å². The summed E-state index contributed by atoms with van der Waals surface area (Å²) in [5, 5.41) is 12.0. The Kier molecular flexibility index (Phi) is 10.3. The van der Waals surface area contributed by atoms with Crippen molar-refractivity contribution in [2.45, 2.75) is 53.6 Å². The molecule has 0 saturated carbocycles. The number of ether oxygens (including phenoxy) is 1. The summed E-state index contributed by atoms with van der Waals surface area (Å²) in [5.41, 5.74) is 7.75. The lowest BCUT2D eigenvalue weighted by molar-refractivity contribution is -0.151. The van der Waals surface area contributed by atoms with E-state index >= 15 is 0 Å². The quantitative estimate of drug-likeness (QED) is 0.544. The second-order valence-corrected chi connectivity index (χ2v) is 7.38. The summed E-state index contributed by atoms with van der Waals surface area (Å²) < 4.78 is 4.80. The predicted molar refractivity (Wildman–Crippen MR) is 110 cm³/mol. The first-order chi connectivity index (χ1) is 12.0. The Hall–Kier alpha value is -2.34. The molecule has 0 radical (unpaired) electrons. The van der Waals surface area contributed by atoms with Gasteiger partial charge in [-0.15, -0.1) is 17.9 Å². The number of aromatic hydroxyl groups is 1. The summed E-state index contributed by atoms with van der Waals surface area (Å²) in [7, 11) is 0. The van der Waals surface area contributed by atoms with Gasteiger partial charge in [0, 0.05) is 17.9 Å². The molecule has 0 saturated heterocycles. The van der Waals surface area contributed by atoms with Gasteiger partial charge in [0.05, 0.1) is 5.69 Å². The van der Waals surface area contributed by atoms with Gasteiger partial charge in [-0.1, -0.05) is 24.6 Å². The number of aromatic nitrogens is 1. The van der Waals surface area contributed by atoms with Crippen LogP contribution >= 0.6 is 11.3 Å². The first-order valence-corrected chi connectivity index (χ1v) is 9.19. The van der Waals surface area contributed by atoms with E-state index in [-0.39, 0.29) is 17.3 Å². The number of nitrogen functional groups attached to an aromatic ring is 1. The number of phenolic OH excluding ortho intramolecular Hbond substituents is 1. The number of carbonyl (C=O) groups excluding carboxylic acids is 1. The standard InChI is InChI=1S/C10H10N2OS.C6H12O2.C4H8/c1-6-2-3-9(13)7(4-6)8-5-14-10(11)12-8;1-5(7)8-6(2,3)4;1-3-4-2/h2-5,13H,1H3,(H2,11,12);1-4H3;3H,1,4H2,2H3. The zero-order valence-electron chi connectivity index (χ0n) is 16.5. The number of aryl methyl sites for hydroxylation is 1. The third kappa shape index (κ3) is 10.5. The number of phenols is 1. The van der Waals surface area contributed by atoms with Crippen LogP contribution in [0.1, 0.15) is 46.6 Å². The smallest absolute Gasteiger partial charge is 0.303 e. The number of hydrogen-bond donors (Lipinski definition) is 2. The summed E-state index contributed by atoms with van der Waals surface area (Å²) in [5.74, 6) is 0.0124. The molecule has 0 unspecified atom stereocenters. The molecular weight excluding hydrogens is 348 g/mol. The van der Waals surface area contributed by atoms with E-state index in [9.17, 15) is 9.90 Å². The maximum absolute atomic E-state index is 10.2. The van der Waals surface area contributed by atoms with Crippen LogP contribution in [0.15, 0.2) is 36.2 Å². The van der Waals surface area contributed by atoms with Crippen molar-refractivity contribution in [3.8, 4) is 17.0 Å². The Bertz CT molecular complexity index is 703. The predicted octanol–water partition coefficient (Wildman–Crippen LogP) is 5.34. The Morgan fingerprint density at radius 1 is 1.42 bits per heavy atom. The highest BCUT2D eigenvalue weighted by Gasteiger charge is 2.11. The first-order valence-electron chi connectivity index (χ1n) is 8.31. The van der Waals surface area contributed by atoms with Crippen molar-refractivity contribution in [3.63, 3.8) is 0 Å². The van der Waals surface area contributed by atoms with Crippen molar-refractivity contribution in [2.24, 2.45) is 0 Å². The zero-order chi connectivity index (χ0) is 20.3. The highest BCUT2D eigenvalue weighted by atomic mass is 32.1. The monoisotopic (exact) mass is 378 g/mol. The molecule has 0 aliphatic rings. The number of hydrogen-bond acceptors (Lipinski definition) is 6. The first kappa shape index (κ1) is 23.7. The molecule has 2 rings (SSSR count). The molecule has 0 bridgehead atoms. The number of nitrogens with two attached hydrogens (primary N) is 1. The van der Waals surface area contributed by atoms with Crippen LogP contribution in [-0.2, 0) is 9.53 Å². The van der Waals surface area contributed by atoms with Gasteiger partial charge in [-0.3, -0.25) is 4.79 Å². The Morgan fingerprint density at radius 2 is 2.00 bits per heavy atom. The Labute approximate surface area is 160 Å². The largest absolute Gasteiger partial charge is 0.507 e. The number of rotatable bonds is 2. The lowest BCUT2D eigenvalue weighted by Gasteiger charge is -2.17. The number of nitrogens with zero attached hydrogens (tertiary/aromatic N) is 1. The number of carbonyl (C=O) groups is 1. The Morgan fingerprint density at radius 3 is 2.35 bits per heavy atom. The minimum Gasteiger partial charge on any atom is -0.507 e. The van der Waals surface area contributed by atoms with Crippen LogP contribution in [0.5, 0.6) is 5.75 Å². The lowest BCUT2D eigenvalue weighted by atomic mass is 10.1. The minimum absolute atomic E-state index is 0.225. The average Bonchev–Trinajstić information content (AvgIpc) is 2.94. The van der Waals surface area contributed by atoms with Gasteiger partial charge in [-0.2, -0.15) is 0 Å². The number of anilines is 1. The third-order valence-electron chi connectivity index (χ3n) is 2.69. The van der Waals surface area contributed by atoms with Crippen LogP contribution in [0.2, 0.25) is 0 Å². The molecule has 1 aromatic carbocycles. The van der Waals surface area contributed by atoms with Crippen molar-refractivity contribution in [1.29, 1.82) is 0 Å². The summed E-state index contributed by atoms with van der Waals surface area (Å²) in [6.45, 7) is 14.4. The Balaban J connectivity index is 0.000000444. The SMILES string of the molecule is C=CCC.CC(=O)OC(C)(C)C.Cc1ccc(O)c(-c2csc(N)n2)c1. The second kappa shape index (κ2) is 11.3. The van der Waals surface area contributed by atoms with Gasteiger partial charge in [-0.25, -0.2) is 4.98 Å². The topological polar surface area (TPSA) is 85.4 Å². The fourth-order valence-electron chi connectivity index (χ4n) is 1.70. The van der Waals surface area contributed by atoms with Gasteiger partial charge in [0.15, 0.2) is 5.13 Å². The summed E-state index contributed by atoms with van der Waals surface area (Å²) >= 11 is 1.37. The third-order valence-corrected chi connectivity index (χ3v) is 3.36. The number of allylic oxidation sites excluding steroid dienone is 1. The van der Waals surface area contributed by atoms with Gasteiger partial charge in [0.2, 0.25) is 0 Å². The van der Waals surface area contributed by atoms with Gasteiger partial charge in [-0.05, 0) is 46.2 Å². The summed E-state index contributed by atoms with van der Waals surface area (Å²) in [6, 6.07) is 5.42. The van der Waals surface area contributed by atoms with Gasteiger partial charge >= 0.3 is 5.97 Å². The summed E-state index contributed by atoms with van der Waals surface area (Å²) in [4.78, 5) is 14.4. The van der Waals surface area contributed by atoms with Crippen molar-refractivity contribution < 1.29 is 14.6 Å². The molecule has 3 N–H and O–H groups in total. The molecule has 0 amide bonds. The molecule has 1 aromatic heterocycles. The van der Waals surface area contributed by atoms with Crippen molar-refractivity contribution in [3.05, 3.63) is 41.8 Å². The van der Waals surface area contributed by atoms with Gasteiger partial charge in [0.25, 0.3) is 0 Å². The molecule has 0 atom stereocenters. The summed E-state index contributed by atoms with van der Waals surface area (Å²) in [6.07, 6.45) is 2.96. The number of thiazole rings is 1. The second-order valence-electron chi connectivity index (χ2n) is 6.49.